The molecule has 0 radical (unpaired) electrons. The summed E-state index contributed by atoms with van der Waals surface area (Å²) >= 11 is 0. The molecule has 0 rings (SSSR count). The van der Waals surface area contributed by atoms with Crippen LogP contribution in [0.4, 0.5) is 0 Å². The van der Waals surface area contributed by atoms with Crippen molar-refractivity contribution in [2.24, 2.45) is 11.7 Å². The van der Waals surface area contributed by atoms with E-state index in [9.17, 15) is 4.79 Å². The molecule has 1 amide bonds. The molecule has 3 N–H and O–H groups in total. The van der Waals surface area contributed by atoms with Gasteiger partial charge in [-0.05, 0) is 33.1 Å². The number of carbonyl (C=O) groups is 1. The molecule has 0 saturated carbocycles. The van der Waals surface area contributed by atoms with Gasteiger partial charge in [-0.3, -0.25) is 4.79 Å². The smallest absolute Gasteiger partial charge is 0.220 e. The Morgan fingerprint density at radius 1 is 1.31 bits per heavy atom. The SMILES string of the molecule is CCC(CC)C(C)NC(=O)CCC(C)(C)N. The number of hydrogen-bond donors (Lipinski definition) is 2. The van der Waals surface area contributed by atoms with E-state index in [0.717, 1.165) is 19.3 Å². The van der Waals surface area contributed by atoms with Gasteiger partial charge in [0.2, 0.25) is 5.91 Å². The van der Waals surface area contributed by atoms with Gasteiger partial charge in [-0.1, -0.05) is 26.7 Å². The minimum Gasteiger partial charge on any atom is -0.353 e. The van der Waals surface area contributed by atoms with Crippen molar-refractivity contribution < 1.29 is 4.79 Å². The number of carbonyl (C=O) groups excluding carboxylic acids is 1. The average Bonchev–Trinajstić information content (AvgIpc) is 2.15. The molecule has 0 heterocycles. The molecular formula is C13H28N2O. The molecule has 3 nitrogen and oxygen atoms in total. The Labute approximate surface area is 100 Å². The van der Waals surface area contributed by atoms with Crippen molar-refractivity contribution in [3.8, 4) is 0 Å². The minimum atomic E-state index is -0.254. The fourth-order valence-electron chi connectivity index (χ4n) is 1.88. The zero-order valence-electron chi connectivity index (χ0n) is 11.5. The first-order chi connectivity index (χ1) is 7.30. The van der Waals surface area contributed by atoms with E-state index in [1.54, 1.807) is 0 Å². The number of hydrogen-bond acceptors (Lipinski definition) is 2. The van der Waals surface area contributed by atoms with Crippen molar-refractivity contribution in [1.29, 1.82) is 0 Å². The lowest BCUT2D eigenvalue weighted by Gasteiger charge is -2.23. The lowest BCUT2D eigenvalue weighted by Crippen LogP contribution is -2.39. The van der Waals surface area contributed by atoms with Gasteiger partial charge in [0.25, 0.3) is 0 Å². The molecule has 0 saturated heterocycles. The van der Waals surface area contributed by atoms with Crippen molar-refractivity contribution in [2.75, 3.05) is 0 Å². The third kappa shape index (κ3) is 6.83. The van der Waals surface area contributed by atoms with E-state index >= 15 is 0 Å². The van der Waals surface area contributed by atoms with Crippen LogP contribution in [0.25, 0.3) is 0 Å². The lowest BCUT2D eigenvalue weighted by atomic mass is 9.95. The van der Waals surface area contributed by atoms with E-state index < -0.39 is 0 Å². The molecule has 0 aromatic rings. The molecule has 0 fully saturated rings. The normalized spacial score (nSPS) is 13.9. The van der Waals surface area contributed by atoms with E-state index in [1.165, 1.54) is 0 Å². The van der Waals surface area contributed by atoms with Gasteiger partial charge < -0.3 is 11.1 Å². The maximum Gasteiger partial charge on any atom is 0.220 e. The van der Waals surface area contributed by atoms with Crippen LogP contribution in [0.3, 0.4) is 0 Å². The average molecular weight is 228 g/mol. The maximum atomic E-state index is 11.7. The molecular weight excluding hydrogens is 200 g/mol. The standard InChI is InChI=1S/C13H28N2O/c1-6-11(7-2)10(3)15-12(16)8-9-13(4,5)14/h10-11H,6-9,14H2,1-5H3,(H,15,16). The van der Waals surface area contributed by atoms with Crippen LogP contribution < -0.4 is 11.1 Å². The second-order valence-electron chi connectivity index (χ2n) is 5.42. The van der Waals surface area contributed by atoms with Gasteiger partial charge in [0.05, 0.1) is 0 Å². The molecule has 0 aliphatic heterocycles. The molecule has 0 aliphatic carbocycles. The van der Waals surface area contributed by atoms with Gasteiger partial charge in [0, 0.05) is 18.0 Å². The summed E-state index contributed by atoms with van der Waals surface area (Å²) in [6, 6.07) is 0.267. The largest absolute Gasteiger partial charge is 0.353 e. The van der Waals surface area contributed by atoms with Crippen LogP contribution in [0.15, 0.2) is 0 Å². The second kappa shape index (κ2) is 6.89. The number of nitrogens with one attached hydrogen (secondary N) is 1. The van der Waals surface area contributed by atoms with Crippen LogP contribution in [-0.4, -0.2) is 17.5 Å². The van der Waals surface area contributed by atoms with Crippen LogP contribution in [0, 0.1) is 5.92 Å². The first-order valence-electron chi connectivity index (χ1n) is 6.38. The van der Waals surface area contributed by atoms with E-state index in [4.69, 9.17) is 5.73 Å². The van der Waals surface area contributed by atoms with Gasteiger partial charge in [-0.15, -0.1) is 0 Å². The number of rotatable bonds is 7. The highest BCUT2D eigenvalue weighted by Gasteiger charge is 2.17. The quantitative estimate of drug-likeness (QED) is 0.703. The second-order valence-corrected chi connectivity index (χ2v) is 5.42. The third-order valence-corrected chi connectivity index (χ3v) is 3.14. The van der Waals surface area contributed by atoms with Crippen LogP contribution in [0.1, 0.15) is 60.3 Å². The van der Waals surface area contributed by atoms with Crippen LogP contribution in [0.5, 0.6) is 0 Å². The Hall–Kier alpha value is -0.570. The van der Waals surface area contributed by atoms with Gasteiger partial charge in [-0.2, -0.15) is 0 Å². The predicted octanol–water partition coefficient (Wildman–Crippen LogP) is 2.44. The zero-order valence-corrected chi connectivity index (χ0v) is 11.5. The number of nitrogens with two attached hydrogens (primary N) is 1. The summed E-state index contributed by atoms with van der Waals surface area (Å²) < 4.78 is 0. The highest BCUT2D eigenvalue weighted by molar-refractivity contribution is 5.76. The summed E-state index contributed by atoms with van der Waals surface area (Å²) in [7, 11) is 0. The molecule has 0 spiro atoms. The van der Waals surface area contributed by atoms with Crippen molar-refractivity contribution in [2.45, 2.75) is 71.9 Å². The van der Waals surface area contributed by atoms with Gasteiger partial charge in [0.1, 0.15) is 0 Å². The van der Waals surface area contributed by atoms with E-state index in [0.29, 0.717) is 12.3 Å². The monoisotopic (exact) mass is 228 g/mol. The summed E-state index contributed by atoms with van der Waals surface area (Å²) in [5.74, 6) is 0.702. The van der Waals surface area contributed by atoms with Crippen LogP contribution >= 0.6 is 0 Å². The van der Waals surface area contributed by atoms with Crippen molar-refractivity contribution in [1.82, 2.24) is 5.32 Å². The summed E-state index contributed by atoms with van der Waals surface area (Å²) in [5.41, 5.74) is 5.59. The Bertz CT molecular complexity index is 204. The Kier molecular flexibility index (Phi) is 6.65. The van der Waals surface area contributed by atoms with Gasteiger partial charge in [-0.25, -0.2) is 0 Å². The molecule has 0 aromatic heterocycles. The fraction of sp³-hybridized carbons (Fsp3) is 0.923. The maximum absolute atomic E-state index is 11.7. The molecule has 16 heavy (non-hydrogen) atoms. The lowest BCUT2D eigenvalue weighted by molar-refractivity contribution is -0.122. The van der Waals surface area contributed by atoms with Crippen LogP contribution in [0.2, 0.25) is 0 Å². The molecule has 96 valence electrons. The first-order valence-corrected chi connectivity index (χ1v) is 6.38. The third-order valence-electron chi connectivity index (χ3n) is 3.14. The summed E-state index contributed by atoms with van der Waals surface area (Å²) in [4.78, 5) is 11.7. The molecule has 0 aromatic carbocycles. The summed E-state index contributed by atoms with van der Waals surface area (Å²) in [6.07, 6.45) is 3.48. The van der Waals surface area contributed by atoms with E-state index in [-0.39, 0.29) is 17.5 Å². The van der Waals surface area contributed by atoms with Crippen molar-refractivity contribution in [3.63, 3.8) is 0 Å². The van der Waals surface area contributed by atoms with E-state index in [2.05, 4.69) is 26.1 Å². The van der Waals surface area contributed by atoms with Crippen molar-refractivity contribution in [3.05, 3.63) is 0 Å². The first kappa shape index (κ1) is 15.4. The number of amides is 1. The summed E-state index contributed by atoms with van der Waals surface area (Å²) in [6.45, 7) is 10.3. The van der Waals surface area contributed by atoms with Crippen molar-refractivity contribution >= 4 is 5.91 Å². The highest BCUT2D eigenvalue weighted by Crippen LogP contribution is 2.13. The highest BCUT2D eigenvalue weighted by atomic mass is 16.1. The Morgan fingerprint density at radius 2 is 1.81 bits per heavy atom. The molecule has 1 atom stereocenters. The fourth-order valence-corrected chi connectivity index (χ4v) is 1.88. The molecule has 3 heteroatoms. The van der Waals surface area contributed by atoms with Crippen LogP contribution in [-0.2, 0) is 4.79 Å². The zero-order chi connectivity index (χ0) is 12.8. The predicted molar refractivity (Wildman–Crippen MR) is 69.2 cm³/mol. The minimum absolute atomic E-state index is 0.123. The molecule has 0 aliphatic rings. The summed E-state index contributed by atoms with van der Waals surface area (Å²) in [5, 5.41) is 3.06. The Balaban J connectivity index is 3.95. The topological polar surface area (TPSA) is 55.1 Å². The van der Waals surface area contributed by atoms with Gasteiger partial charge in [0.15, 0.2) is 0 Å². The molecule has 1 unspecified atom stereocenters. The molecule has 0 bridgehead atoms. The Morgan fingerprint density at radius 3 is 2.19 bits per heavy atom. The van der Waals surface area contributed by atoms with Gasteiger partial charge >= 0.3 is 0 Å². The van der Waals surface area contributed by atoms with E-state index in [1.807, 2.05) is 13.8 Å².